The fourth-order valence-electron chi connectivity index (χ4n) is 1.20. The zero-order chi connectivity index (χ0) is 10.1. The summed E-state index contributed by atoms with van der Waals surface area (Å²) in [6.45, 7) is 0. The van der Waals surface area contributed by atoms with Crippen LogP contribution in [0, 0.1) is 5.82 Å². The first-order valence-electron chi connectivity index (χ1n) is 3.93. The summed E-state index contributed by atoms with van der Waals surface area (Å²) in [6, 6.07) is 7.39. The topological polar surface area (TPSA) is 30.0 Å². The number of benzene rings is 1. The van der Waals surface area contributed by atoms with Gasteiger partial charge in [0, 0.05) is 11.5 Å². The van der Waals surface area contributed by atoms with Crippen molar-refractivity contribution in [3.63, 3.8) is 0 Å². The van der Waals surface area contributed by atoms with Gasteiger partial charge in [-0.05, 0) is 29.8 Å². The highest BCUT2D eigenvalue weighted by Crippen LogP contribution is 2.14. The first kappa shape index (κ1) is 9.09. The molecule has 0 aliphatic rings. The average molecular weight is 210 g/mol. The molecule has 0 N–H and O–H groups in total. The van der Waals surface area contributed by atoms with Crippen LogP contribution in [0.4, 0.5) is 4.39 Å². The molecule has 1 aromatic carbocycles. The second-order valence-electron chi connectivity index (χ2n) is 2.81. The molecule has 0 bridgehead atoms. The van der Waals surface area contributed by atoms with Gasteiger partial charge in [-0.1, -0.05) is 6.07 Å². The van der Waals surface area contributed by atoms with Crippen LogP contribution in [-0.4, -0.2) is 10.2 Å². The van der Waals surface area contributed by atoms with Crippen molar-refractivity contribution in [2.45, 2.75) is 0 Å². The van der Waals surface area contributed by atoms with Gasteiger partial charge in [-0.2, -0.15) is 0 Å². The van der Waals surface area contributed by atoms with E-state index in [-0.39, 0.29) is 11.5 Å². The lowest BCUT2D eigenvalue weighted by atomic mass is 10.2. The standard InChI is InChI=1S/C10H5ClFNO/c11-10(14)8-4-2-6-1-3-7(12)5-9(6)13-8/h1-5H. The highest BCUT2D eigenvalue weighted by atomic mass is 35.5. The zero-order valence-corrected chi connectivity index (χ0v) is 7.75. The van der Waals surface area contributed by atoms with Crippen molar-refractivity contribution in [1.29, 1.82) is 0 Å². The number of carbonyl (C=O) groups excluding carboxylic acids is 1. The molecule has 0 spiro atoms. The molecule has 0 amide bonds. The lowest BCUT2D eigenvalue weighted by Crippen LogP contribution is -1.93. The third-order valence-corrected chi connectivity index (χ3v) is 2.05. The Morgan fingerprint density at radius 3 is 2.71 bits per heavy atom. The molecule has 1 heterocycles. The van der Waals surface area contributed by atoms with Crippen molar-refractivity contribution in [3.8, 4) is 0 Å². The van der Waals surface area contributed by atoms with Crippen LogP contribution in [0.3, 0.4) is 0 Å². The van der Waals surface area contributed by atoms with Crippen molar-refractivity contribution >= 4 is 27.7 Å². The summed E-state index contributed by atoms with van der Waals surface area (Å²) < 4.78 is 12.8. The predicted octanol–water partition coefficient (Wildman–Crippen LogP) is 2.75. The molecular weight excluding hydrogens is 205 g/mol. The van der Waals surface area contributed by atoms with E-state index in [1.165, 1.54) is 18.2 Å². The first-order chi connectivity index (χ1) is 6.66. The number of aromatic nitrogens is 1. The molecule has 0 fully saturated rings. The summed E-state index contributed by atoms with van der Waals surface area (Å²) in [4.78, 5) is 14.7. The monoisotopic (exact) mass is 209 g/mol. The molecule has 70 valence electrons. The van der Waals surface area contributed by atoms with Gasteiger partial charge in [0.05, 0.1) is 5.52 Å². The van der Waals surface area contributed by atoms with E-state index in [4.69, 9.17) is 11.6 Å². The van der Waals surface area contributed by atoms with Crippen LogP contribution in [0.1, 0.15) is 10.5 Å². The Balaban J connectivity index is 2.69. The maximum absolute atomic E-state index is 12.8. The Bertz CT molecular complexity index is 512. The summed E-state index contributed by atoms with van der Waals surface area (Å²) >= 11 is 5.25. The van der Waals surface area contributed by atoms with Gasteiger partial charge in [-0.3, -0.25) is 4.79 Å². The minimum Gasteiger partial charge on any atom is -0.274 e. The molecule has 2 nitrogen and oxygen atoms in total. The Kier molecular flexibility index (Phi) is 2.17. The third kappa shape index (κ3) is 1.59. The van der Waals surface area contributed by atoms with Crippen LogP contribution in [0.2, 0.25) is 0 Å². The molecule has 2 rings (SSSR count). The minimum atomic E-state index is -0.642. The van der Waals surface area contributed by atoms with Crippen molar-refractivity contribution in [2.75, 3.05) is 0 Å². The van der Waals surface area contributed by atoms with Crippen LogP contribution in [0.15, 0.2) is 30.3 Å². The van der Waals surface area contributed by atoms with E-state index in [0.717, 1.165) is 5.39 Å². The van der Waals surface area contributed by atoms with Crippen LogP contribution in [0.25, 0.3) is 10.9 Å². The van der Waals surface area contributed by atoms with Crippen molar-refractivity contribution < 1.29 is 9.18 Å². The Hall–Kier alpha value is -1.48. The Morgan fingerprint density at radius 2 is 2.00 bits per heavy atom. The molecule has 4 heteroatoms. The molecule has 1 aromatic heterocycles. The van der Waals surface area contributed by atoms with Gasteiger partial charge >= 0.3 is 0 Å². The zero-order valence-electron chi connectivity index (χ0n) is 7.00. The quantitative estimate of drug-likeness (QED) is 0.676. The lowest BCUT2D eigenvalue weighted by Gasteiger charge is -1.98. The number of fused-ring (bicyclic) bond motifs is 1. The van der Waals surface area contributed by atoms with Gasteiger partial charge in [0.2, 0.25) is 0 Å². The van der Waals surface area contributed by atoms with E-state index in [2.05, 4.69) is 4.98 Å². The molecule has 0 aliphatic carbocycles. The van der Waals surface area contributed by atoms with Crippen molar-refractivity contribution in [3.05, 3.63) is 41.8 Å². The molecule has 0 saturated carbocycles. The molecule has 2 aromatic rings. The molecular formula is C10H5ClFNO. The summed E-state index contributed by atoms with van der Waals surface area (Å²) in [5.41, 5.74) is 0.557. The summed E-state index contributed by atoms with van der Waals surface area (Å²) in [7, 11) is 0. The number of hydrogen-bond donors (Lipinski definition) is 0. The first-order valence-corrected chi connectivity index (χ1v) is 4.31. The van der Waals surface area contributed by atoms with E-state index in [9.17, 15) is 9.18 Å². The fourth-order valence-corrected chi connectivity index (χ4v) is 1.31. The van der Waals surface area contributed by atoms with Crippen LogP contribution in [-0.2, 0) is 0 Å². The second kappa shape index (κ2) is 3.35. The molecule has 14 heavy (non-hydrogen) atoms. The largest absolute Gasteiger partial charge is 0.274 e. The van der Waals surface area contributed by atoms with Crippen LogP contribution in [0.5, 0.6) is 0 Å². The van der Waals surface area contributed by atoms with Gasteiger partial charge in [0.15, 0.2) is 0 Å². The fraction of sp³-hybridized carbons (Fsp3) is 0. The lowest BCUT2D eigenvalue weighted by molar-refractivity contribution is 0.107. The normalized spacial score (nSPS) is 10.4. The van der Waals surface area contributed by atoms with Crippen LogP contribution >= 0.6 is 11.6 Å². The predicted molar refractivity (Wildman–Crippen MR) is 51.9 cm³/mol. The third-order valence-electron chi connectivity index (χ3n) is 1.86. The minimum absolute atomic E-state index is 0.129. The summed E-state index contributed by atoms with van der Waals surface area (Å²) in [5.74, 6) is -0.385. The van der Waals surface area contributed by atoms with E-state index >= 15 is 0 Å². The average Bonchev–Trinajstić information content (AvgIpc) is 2.16. The number of nitrogens with zero attached hydrogens (tertiary/aromatic N) is 1. The number of pyridine rings is 1. The van der Waals surface area contributed by atoms with E-state index in [1.54, 1.807) is 12.1 Å². The van der Waals surface area contributed by atoms with Crippen molar-refractivity contribution in [2.24, 2.45) is 0 Å². The number of hydrogen-bond acceptors (Lipinski definition) is 2. The van der Waals surface area contributed by atoms with Gasteiger partial charge in [-0.25, -0.2) is 9.37 Å². The van der Waals surface area contributed by atoms with Gasteiger partial charge in [-0.15, -0.1) is 0 Å². The Labute approximate surface area is 84.3 Å². The Morgan fingerprint density at radius 1 is 1.29 bits per heavy atom. The van der Waals surface area contributed by atoms with E-state index in [0.29, 0.717) is 5.52 Å². The molecule has 0 radical (unpaired) electrons. The SMILES string of the molecule is O=C(Cl)c1ccc2ccc(F)cc2n1. The molecule has 0 saturated heterocycles. The van der Waals surface area contributed by atoms with E-state index in [1.807, 2.05) is 0 Å². The number of halogens is 2. The molecule has 0 unspecified atom stereocenters. The maximum atomic E-state index is 12.8. The number of rotatable bonds is 1. The maximum Gasteiger partial charge on any atom is 0.270 e. The highest BCUT2D eigenvalue weighted by Gasteiger charge is 2.04. The van der Waals surface area contributed by atoms with Crippen molar-refractivity contribution in [1.82, 2.24) is 4.98 Å². The smallest absolute Gasteiger partial charge is 0.270 e. The van der Waals surface area contributed by atoms with Crippen LogP contribution < -0.4 is 0 Å². The van der Waals surface area contributed by atoms with Gasteiger partial charge in [0.1, 0.15) is 11.5 Å². The molecule has 0 aliphatic heterocycles. The van der Waals surface area contributed by atoms with Gasteiger partial charge < -0.3 is 0 Å². The van der Waals surface area contributed by atoms with E-state index < -0.39 is 5.24 Å². The summed E-state index contributed by atoms with van der Waals surface area (Å²) in [5, 5.41) is 0.129. The second-order valence-corrected chi connectivity index (χ2v) is 3.15. The number of carbonyl (C=O) groups is 1. The van der Waals surface area contributed by atoms with Gasteiger partial charge in [0.25, 0.3) is 5.24 Å². The molecule has 0 atom stereocenters. The summed E-state index contributed by atoms with van der Waals surface area (Å²) in [6.07, 6.45) is 0. The highest BCUT2D eigenvalue weighted by molar-refractivity contribution is 6.67.